The molecule has 4 aromatic rings. The van der Waals surface area contributed by atoms with E-state index in [1.54, 1.807) is 0 Å². The molecular formula is C27H27F3N6O3S. The first-order chi connectivity index (χ1) is 19.0. The number of alkyl halides is 3. The van der Waals surface area contributed by atoms with Gasteiger partial charge in [-0.25, -0.2) is 13.4 Å². The molecule has 3 heterocycles. The van der Waals surface area contributed by atoms with Crippen LogP contribution in [0.1, 0.15) is 5.56 Å². The summed E-state index contributed by atoms with van der Waals surface area (Å²) in [5.74, 6) is -1.79. The Hall–Kier alpha value is -3.97. The molecule has 9 nitrogen and oxygen atoms in total. The number of hydrogen-bond acceptors (Lipinski definition) is 8. The number of rotatable bonds is 7. The quantitative estimate of drug-likeness (QED) is 0.358. The smallest absolute Gasteiger partial charge is 0.369 e. The highest BCUT2D eigenvalue weighted by atomic mass is 32.2. The van der Waals surface area contributed by atoms with Crippen LogP contribution >= 0.6 is 0 Å². The van der Waals surface area contributed by atoms with Crippen LogP contribution in [0.3, 0.4) is 0 Å². The largest absolute Gasteiger partial charge is 0.403 e. The molecule has 13 heteroatoms. The van der Waals surface area contributed by atoms with E-state index in [2.05, 4.69) is 32.1 Å². The Bertz CT molecular complexity index is 1680. The van der Waals surface area contributed by atoms with Crippen LogP contribution in [0.2, 0.25) is 0 Å². The van der Waals surface area contributed by atoms with Gasteiger partial charge in [-0.3, -0.25) is 9.36 Å². The third kappa shape index (κ3) is 6.26. The topological polar surface area (TPSA) is 100 Å². The van der Waals surface area contributed by atoms with Crippen LogP contribution in [0.4, 0.5) is 30.5 Å². The van der Waals surface area contributed by atoms with E-state index in [0.717, 1.165) is 43.6 Å². The fraction of sp³-hybridized carbons (Fsp3) is 0.296. The van der Waals surface area contributed by atoms with Gasteiger partial charge in [-0.2, -0.15) is 18.2 Å². The lowest BCUT2D eigenvalue weighted by Crippen LogP contribution is -2.44. The molecule has 1 fully saturated rings. The van der Waals surface area contributed by atoms with Crippen molar-refractivity contribution in [3.8, 4) is 0 Å². The summed E-state index contributed by atoms with van der Waals surface area (Å²) in [7, 11) is -2.59. The van der Waals surface area contributed by atoms with Crippen molar-refractivity contribution in [1.82, 2.24) is 19.4 Å². The summed E-state index contributed by atoms with van der Waals surface area (Å²) in [6, 6.07) is 16.0. The van der Waals surface area contributed by atoms with Gasteiger partial charge in [0.1, 0.15) is 5.65 Å². The lowest BCUT2D eigenvalue weighted by Gasteiger charge is -2.34. The van der Waals surface area contributed by atoms with Crippen LogP contribution in [-0.4, -0.2) is 73.0 Å². The Morgan fingerprint density at radius 1 is 0.950 bits per heavy atom. The molecule has 0 bridgehead atoms. The minimum atomic E-state index is -4.90. The Balaban J connectivity index is 1.43. The highest BCUT2D eigenvalue weighted by Gasteiger charge is 2.36. The Labute approximate surface area is 228 Å². The van der Waals surface area contributed by atoms with Gasteiger partial charge in [-0.15, -0.1) is 0 Å². The van der Waals surface area contributed by atoms with E-state index in [0.29, 0.717) is 5.39 Å². The van der Waals surface area contributed by atoms with Gasteiger partial charge in [0.25, 0.3) is 5.56 Å². The minimum Gasteiger partial charge on any atom is -0.369 e. The van der Waals surface area contributed by atoms with Gasteiger partial charge < -0.3 is 15.1 Å². The molecule has 40 heavy (non-hydrogen) atoms. The normalized spacial score (nSPS) is 14.9. The van der Waals surface area contributed by atoms with Crippen molar-refractivity contribution in [3.63, 3.8) is 0 Å². The zero-order valence-electron chi connectivity index (χ0n) is 21.6. The molecule has 210 valence electrons. The van der Waals surface area contributed by atoms with Crippen LogP contribution in [0.15, 0.2) is 76.6 Å². The first-order valence-corrected chi connectivity index (χ1v) is 14.2. The average molecular weight is 573 g/mol. The van der Waals surface area contributed by atoms with Gasteiger partial charge in [0.15, 0.2) is 15.6 Å². The Kier molecular flexibility index (Phi) is 7.51. The van der Waals surface area contributed by atoms with E-state index < -0.39 is 32.2 Å². The average Bonchev–Trinajstić information content (AvgIpc) is 2.90. The summed E-state index contributed by atoms with van der Waals surface area (Å²) in [6.07, 6.45) is -3.38. The van der Waals surface area contributed by atoms with Crippen LogP contribution in [0.5, 0.6) is 0 Å². The van der Waals surface area contributed by atoms with E-state index in [4.69, 9.17) is 0 Å². The van der Waals surface area contributed by atoms with Crippen molar-refractivity contribution in [2.45, 2.75) is 17.6 Å². The van der Waals surface area contributed by atoms with Crippen molar-refractivity contribution in [2.24, 2.45) is 0 Å². The first-order valence-electron chi connectivity index (χ1n) is 12.5. The minimum absolute atomic E-state index is 0.0500. The third-order valence-electron chi connectivity index (χ3n) is 6.70. The van der Waals surface area contributed by atoms with E-state index in [1.807, 2.05) is 24.3 Å². The fourth-order valence-corrected chi connectivity index (χ4v) is 6.04. The summed E-state index contributed by atoms with van der Waals surface area (Å²) in [4.78, 5) is 25.8. The summed E-state index contributed by atoms with van der Waals surface area (Å²) in [5, 5.41) is 3.63. The van der Waals surface area contributed by atoms with Gasteiger partial charge in [0.2, 0.25) is 5.95 Å². The van der Waals surface area contributed by atoms with E-state index in [-0.39, 0.29) is 23.7 Å². The Morgan fingerprint density at radius 2 is 1.65 bits per heavy atom. The molecule has 0 saturated carbocycles. The molecule has 0 amide bonds. The summed E-state index contributed by atoms with van der Waals surface area (Å²) < 4.78 is 65.2. The maximum Gasteiger partial charge on any atom is 0.403 e. The van der Waals surface area contributed by atoms with Gasteiger partial charge in [0.05, 0.1) is 11.4 Å². The third-order valence-corrected chi connectivity index (χ3v) is 8.48. The van der Waals surface area contributed by atoms with Gasteiger partial charge in [0, 0.05) is 55.2 Å². The number of anilines is 3. The van der Waals surface area contributed by atoms with Crippen LogP contribution in [-0.2, 0) is 16.4 Å². The summed E-state index contributed by atoms with van der Waals surface area (Å²) in [5.41, 5.74) is 1.60. The van der Waals surface area contributed by atoms with Gasteiger partial charge in [-0.05, 0) is 49.0 Å². The van der Waals surface area contributed by atoms with E-state index >= 15 is 0 Å². The molecule has 2 aromatic carbocycles. The monoisotopic (exact) mass is 572 g/mol. The standard InChI is InChI=1S/C27H27F3N6O3S/c1-34-12-14-35(15-13-34)22-9-7-21(8-10-22)32-26-31-16-19-6-11-24(37)36(25(19)33-26)17-20-4-2-3-5-23(20)40(38,39)18-27(28,29)30/h2-11,16H,12-15,17-18H2,1H3,(H,31,32,33). The number of hydrogen-bond donors (Lipinski definition) is 1. The number of piperazine rings is 1. The second kappa shape index (κ2) is 10.9. The molecule has 2 aromatic heterocycles. The number of sulfone groups is 1. The number of pyridine rings is 1. The van der Waals surface area contributed by atoms with Crippen molar-refractivity contribution >= 4 is 38.2 Å². The number of aromatic nitrogens is 3. The molecule has 1 aliphatic heterocycles. The van der Waals surface area contributed by atoms with Crippen molar-refractivity contribution in [1.29, 1.82) is 0 Å². The van der Waals surface area contributed by atoms with Gasteiger partial charge in [-0.1, -0.05) is 18.2 Å². The molecule has 0 aliphatic carbocycles. The van der Waals surface area contributed by atoms with E-state index in [1.165, 1.54) is 41.1 Å². The number of likely N-dealkylation sites (N-methyl/N-ethyl adjacent to an activating group) is 1. The molecule has 1 saturated heterocycles. The first kappa shape index (κ1) is 27.6. The van der Waals surface area contributed by atoms with E-state index in [9.17, 15) is 26.4 Å². The number of fused-ring (bicyclic) bond motifs is 1. The van der Waals surface area contributed by atoms with Crippen LogP contribution < -0.4 is 15.8 Å². The van der Waals surface area contributed by atoms with Crippen LogP contribution in [0, 0.1) is 0 Å². The number of benzene rings is 2. The van der Waals surface area contributed by atoms with Gasteiger partial charge >= 0.3 is 6.18 Å². The predicted molar refractivity (Wildman–Crippen MR) is 147 cm³/mol. The molecule has 1 N–H and O–H groups in total. The molecule has 0 radical (unpaired) electrons. The fourth-order valence-electron chi connectivity index (χ4n) is 4.64. The summed E-state index contributed by atoms with van der Waals surface area (Å²) in [6.45, 7) is 3.57. The second-order valence-electron chi connectivity index (χ2n) is 9.67. The van der Waals surface area contributed by atoms with Crippen LogP contribution in [0.25, 0.3) is 11.0 Å². The zero-order valence-corrected chi connectivity index (χ0v) is 22.4. The van der Waals surface area contributed by atoms with Crippen molar-refractivity contribution < 1.29 is 21.6 Å². The molecule has 1 aliphatic rings. The summed E-state index contributed by atoms with van der Waals surface area (Å²) >= 11 is 0. The van der Waals surface area contributed by atoms with Crippen molar-refractivity contribution in [2.75, 3.05) is 49.2 Å². The molecular weight excluding hydrogens is 545 g/mol. The maximum absolute atomic E-state index is 13.0. The Morgan fingerprint density at radius 3 is 2.35 bits per heavy atom. The number of nitrogens with zero attached hydrogens (tertiary/aromatic N) is 5. The molecule has 0 unspecified atom stereocenters. The highest BCUT2D eigenvalue weighted by Crippen LogP contribution is 2.26. The lowest BCUT2D eigenvalue weighted by atomic mass is 10.2. The number of halogens is 3. The number of nitrogens with one attached hydrogen (secondary N) is 1. The second-order valence-corrected chi connectivity index (χ2v) is 11.6. The molecule has 5 rings (SSSR count). The predicted octanol–water partition coefficient (Wildman–Crippen LogP) is 3.67. The zero-order chi connectivity index (χ0) is 28.5. The molecule has 0 atom stereocenters. The SMILES string of the molecule is CN1CCN(c2ccc(Nc3ncc4ccc(=O)n(Cc5ccccc5S(=O)(=O)CC(F)(F)F)c4n3)cc2)CC1. The lowest BCUT2D eigenvalue weighted by molar-refractivity contribution is -0.106. The highest BCUT2D eigenvalue weighted by molar-refractivity contribution is 7.91. The van der Waals surface area contributed by atoms with Crippen molar-refractivity contribution in [3.05, 3.63) is 82.8 Å². The maximum atomic E-state index is 13.0. The molecule has 0 spiro atoms.